The van der Waals surface area contributed by atoms with Crippen LogP contribution in [0.4, 0.5) is 13.2 Å². The van der Waals surface area contributed by atoms with Gasteiger partial charge < -0.3 is 20.5 Å². The maximum Gasteiger partial charge on any atom is 0.422 e. The van der Waals surface area contributed by atoms with Crippen LogP contribution in [0.5, 0.6) is 11.6 Å². The summed E-state index contributed by atoms with van der Waals surface area (Å²) < 4.78 is 46.5. The Balaban J connectivity index is 1.55. The molecule has 6 nitrogen and oxygen atoms in total. The van der Waals surface area contributed by atoms with E-state index in [0.29, 0.717) is 12.2 Å². The van der Waals surface area contributed by atoms with Crippen molar-refractivity contribution in [1.29, 1.82) is 0 Å². The normalized spacial score (nSPS) is 17.0. The zero-order valence-electron chi connectivity index (χ0n) is 14.4. The predicted molar refractivity (Wildman–Crippen MR) is 93.5 cm³/mol. The zero-order valence-corrected chi connectivity index (χ0v) is 14.4. The van der Waals surface area contributed by atoms with Crippen molar-refractivity contribution in [2.75, 3.05) is 13.2 Å². The van der Waals surface area contributed by atoms with Crippen LogP contribution in [-0.2, 0) is 6.54 Å². The van der Waals surface area contributed by atoms with Gasteiger partial charge in [-0.15, -0.1) is 0 Å². The summed E-state index contributed by atoms with van der Waals surface area (Å²) >= 11 is 0. The van der Waals surface area contributed by atoms with Gasteiger partial charge in [-0.05, 0) is 11.6 Å². The first-order chi connectivity index (χ1) is 12.9. The van der Waals surface area contributed by atoms with E-state index >= 15 is 0 Å². The molecule has 1 aliphatic rings. The molecule has 2 aromatic rings. The summed E-state index contributed by atoms with van der Waals surface area (Å²) in [4.78, 5) is 8.09. The summed E-state index contributed by atoms with van der Waals surface area (Å²) in [6.07, 6.45) is -2.22. The maximum atomic E-state index is 12.1. The monoisotopic (exact) mass is 380 g/mol. The van der Waals surface area contributed by atoms with Crippen LogP contribution < -0.4 is 20.5 Å². The third kappa shape index (κ3) is 5.50. The first-order valence-electron chi connectivity index (χ1n) is 8.33. The number of para-hydroxylation sites is 1. The summed E-state index contributed by atoms with van der Waals surface area (Å²) in [5.41, 5.74) is 7.69. The Kier molecular flexibility index (Phi) is 5.68. The molecule has 0 saturated carbocycles. The lowest BCUT2D eigenvalue weighted by Gasteiger charge is -2.26. The minimum atomic E-state index is -4.40. The third-order valence-electron chi connectivity index (χ3n) is 3.89. The lowest BCUT2D eigenvalue weighted by molar-refractivity contribution is -0.154. The van der Waals surface area contributed by atoms with E-state index in [4.69, 9.17) is 10.5 Å². The highest BCUT2D eigenvalue weighted by Gasteiger charge is 2.28. The van der Waals surface area contributed by atoms with Gasteiger partial charge in [0, 0.05) is 24.2 Å². The molecule has 0 fully saturated rings. The van der Waals surface area contributed by atoms with Gasteiger partial charge in [-0.1, -0.05) is 24.3 Å². The highest BCUT2D eigenvalue weighted by Crippen LogP contribution is 2.31. The number of rotatable bonds is 5. The summed E-state index contributed by atoms with van der Waals surface area (Å²) in [5, 5.41) is 3.17. The van der Waals surface area contributed by atoms with Gasteiger partial charge in [-0.2, -0.15) is 13.2 Å². The first-order valence-corrected chi connectivity index (χ1v) is 8.33. The molecule has 144 valence electrons. The van der Waals surface area contributed by atoms with Crippen molar-refractivity contribution in [2.24, 2.45) is 10.7 Å². The number of fused-ring (bicyclic) bond motifs is 1. The van der Waals surface area contributed by atoms with Crippen LogP contribution in [0.25, 0.3) is 0 Å². The van der Waals surface area contributed by atoms with Gasteiger partial charge in [0.15, 0.2) is 12.6 Å². The molecular formula is C18H19F3N4O2. The molecule has 9 heteroatoms. The third-order valence-corrected chi connectivity index (χ3v) is 3.89. The first kappa shape index (κ1) is 18.8. The summed E-state index contributed by atoms with van der Waals surface area (Å²) in [7, 11) is 0. The Hall–Kier alpha value is -2.97. The van der Waals surface area contributed by atoms with E-state index in [0.717, 1.165) is 17.7 Å². The molecule has 2 heterocycles. The van der Waals surface area contributed by atoms with E-state index in [1.54, 1.807) is 6.07 Å². The number of hydrogen-bond acceptors (Lipinski definition) is 4. The van der Waals surface area contributed by atoms with E-state index in [2.05, 4.69) is 20.0 Å². The second-order valence-electron chi connectivity index (χ2n) is 5.98. The molecule has 1 aromatic carbocycles. The Morgan fingerprint density at radius 2 is 2.11 bits per heavy atom. The highest BCUT2D eigenvalue weighted by molar-refractivity contribution is 5.78. The number of nitrogens with one attached hydrogen (secondary N) is 1. The minimum absolute atomic E-state index is 0.00923. The number of aromatic nitrogens is 1. The van der Waals surface area contributed by atoms with Crippen molar-refractivity contribution in [3.63, 3.8) is 0 Å². The standard InChI is InChI=1S/C18H19F3N4O2/c19-18(20,21)11-27-16-6-5-12(9-23-16)10-24-17(22)25-14-7-8-26-15-4-2-1-3-13(14)15/h1-6,9,14H,7-8,10-11H2,(H3,22,24,25). The van der Waals surface area contributed by atoms with E-state index in [9.17, 15) is 13.2 Å². The number of guanidine groups is 1. The Bertz CT molecular complexity index is 794. The molecule has 1 atom stereocenters. The van der Waals surface area contributed by atoms with Gasteiger partial charge >= 0.3 is 6.18 Å². The average molecular weight is 380 g/mol. The number of nitrogens with two attached hydrogens (primary N) is 1. The van der Waals surface area contributed by atoms with E-state index < -0.39 is 12.8 Å². The van der Waals surface area contributed by atoms with Gasteiger partial charge in [-0.3, -0.25) is 0 Å². The number of aliphatic imine (C=N–C) groups is 1. The van der Waals surface area contributed by atoms with Crippen LogP contribution in [0, 0.1) is 0 Å². The average Bonchev–Trinajstić information content (AvgIpc) is 2.65. The Morgan fingerprint density at radius 1 is 1.30 bits per heavy atom. The van der Waals surface area contributed by atoms with Crippen molar-refractivity contribution < 1.29 is 22.6 Å². The maximum absolute atomic E-state index is 12.1. The minimum Gasteiger partial charge on any atom is -0.493 e. The fourth-order valence-electron chi connectivity index (χ4n) is 2.64. The molecule has 0 amide bonds. The molecule has 0 aliphatic carbocycles. The SMILES string of the molecule is NC(=NCc1ccc(OCC(F)(F)F)nc1)NC1CCOc2ccccc21. The molecule has 0 bridgehead atoms. The number of ether oxygens (including phenoxy) is 2. The summed E-state index contributed by atoms with van der Waals surface area (Å²) in [6, 6.07) is 10.7. The summed E-state index contributed by atoms with van der Waals surface area (Å²) in [5.74, 6) is 1.01. The molecule has 0 saturated heterocycles. The van der Waals surface area contributed by atoms with Crippen molar-refractivity contribution in [1.82, 2.24) is 10.3 Å². The number of alkyl halides is 3. The van der Waals surface area contributed by atoms with Crippen LogP contribution in [0.2, 0.25) is 0 Å². The Labute approximate surface area is 154 Å². The predicted octanol–water partition coefficient (Wildman–Crippen LogP) is 2.95. The largest absolute Gasteiger partial charge is 0.493 e. The van der Waals surface area contributed by atoms with Gasteiger partial charge in [0.2, 0.25) is 5.88 Å². The fraction of sp³-hybridized carbons (Fsp3) is 0.333. The van der Waals surface area contributed by atoms with Gasteiger partial charge in [0.05, 0.1) is 19.2 Å². The molecule has 27 heavy (non-hydrogen) atoms. The van der Waals surface area contributed by atoms with Crippen LogP contribution in [0.1, 0.15) is 23.6 Å². The van der Waals surface area contributed by atoms with E-state index in [-0.39, 0.29) is 24.4 Å². The highest BCUT2D eigenvalue weighted by atomic mass is 19.4. The van der Waals surface area contributed by atoms with Crippen LogP contribution in [-0.4, -0.2) is 30.3 Å². The van der Waals surface area contributed by atoms with Crippen molar-refractivity contribution in [2.45, 2.75) is 25.2 Å². The molecule has 3 N–H and O–H groups in total. The van der Waals surface area contributed by atoms with E-state index in [1.165, 1.54) is 12.3 Å². The fourth-order valence-corrected chi connectivity index (χ4v) is 2.64. The van der Waals surface area contributed by atoms with Crippen molar-refractivity contribution in [3.05, 3.63) is 53.7 Å². The summed E-state index contributed by atoms with van der Waals surface area (Å²) in [6.45, 7) is -0.539. The lowest BCUT2D eigenvalue weighted by atomic mass is 10.0. The van der Waals surface area contributed by atoms with Gasteiger partial charge in [0.1, 0.15) is 5.75 Å². The number of nitrogens with zero attached hydrogens (tertiary/aromatic N) is 2. The van der Waals surface area contributed by atoms with Crippen LogP contribution in [0.3, 0.4) is 0 Å². The van der Waals surface area contributed by atoms with E-state index in [1.807, 2.05) is 24.3 Å². The molecule has 0 spiro atoms. The molecule has 3 rings (SSSR count). The van der Waals surface area contributed by atoms with Gasteiger partial charge in [0.25, 0.3) is 0 Å². The lowest BCUT2D eigenvalue weighted by Crippen LogP contribution is -2.37. The Morgan fingerprint density at radius 3 is 2.85 bits per heavy atom. The molecule has 1 aliphatic heterocycles. The second kappa shape index (κ2) is 8.15. The zero-order chi connectivity index (χ0) is 19.3. The number of hydrogen-bond donors (Lipinski definition) is 2. The number of benzene rings is 1. The molecular weight excluding hydrogens is 361 g/mol. The topological polar surface area (TPSA) is 81.8 Å². The quantitative estimate of drug-likeness (QED) is 0.616. The van der Waals surface area contributed by atoms with Gasteiger partial charge in [-0.25, -0.2) is 9.98 Å². The molecule has 1 unspecified atom stereocenters. The van der Waals surface area contributed by atoms with Crippen molar-refractivity contribution >= 4 is 5.96 Å². The van der Waals surface area contributed by atoms with Crippen LogP contribution >= 0.6 is 0 Å². The van der Waals surface area contributed by atoms with Crippen molar-refractivity contribution in [3.8, 4) is 11.6 Å². The number of halogens is 3. The molecule has 1 aromatic heterocycles. The number of pyridine rings is 1. The molecule has 0 radical (unpaired) electrons. The second-order valence-corrected chi connectivity index (χ2v) is 5.98. The smallest absolute Gasteiger partial charge is 0.422 e. The van der Waals surface area contributed by atoms with Crippen LogP contribution in [0.15, 0.2) is 47.6 Å².